The zero-order chi connectivity index (χ0) is 20.4. The Hall–Kier alpha value is -1.99. The Morgan fingerprint density at radius 3 is 2.75 bits per heavy atom. The molecule has 0 atom stereocenters. The second-order valence-corrected chi connectivity index (χ2v) is 7.71. The lowest BCUT2D eigenvalue weighted by Crippen LogP contribution is -2.42. The van der Waals surface area contributed by atoms with Gasteiger partial charge >= 0.3 is 0 Å². The molecule has 28 heavy (non-hydrogen) atoms. The van der Waals surface area contributed by atoms with Crippen LogP contribution in [-0.2, 0) is 11.2 Å². The highest BCUT2D eigenvalue weighted by Crippen LogP contribution is 2.41. The second-order valence-electron chi connectivity index (χ2n) is 7.71. The number of methoxy groups -OCH3 is 1. The van der Waals surface area contributed by atoms with Crippen molar-refractivity contribution in [1.29, 1.82) is 0 Å². The highest BCUT2D eigenvalue weighted by molar-refractivity contribution is 5.79. The number of para-hydroxylation sites is 1. The van der Waals surface area contributed by atoms with E-state index in [0.29, 0.717) is 13.2 Å². The number of aliphatic imine (C=N–C) groups is 1. The van der Waals surface area contributed by atoms with Crippen LogP contribution in [0.15, 0.2) is 23.2 Å². The van der Waals surface area contributed by atoms with Crippen LogP contribution >= 0.6 is 0 Å². The zero-order valence-electron chi connectivity index (χ0n) is 18.0. The van der Waals surface area contributed by atoms with Crippen molar-refractivity contribution < 1.29 is 14.2 Å². The molecule has 0 radical (unpaired) electrons. The van der Waals surface area contributed by atoms with Crippen LogP contribution in [0.25, 0.3) is 0 Å². The normalized spacial score (nSPS) is 15.3. The van der Waals surface area contributed by atoms with E-state index in [4.69, 9.17) is 14.2 Å². The maximum atomic E-state index is 6.04. The largest absolute Gasteiger partial charge is 0.488 e. The fourth-order valence-electron chi connectivity index (χ4n) is 3.21. The van der Waals surface area contributed by atoms with E-state index in [1.807, 2.05) is 12.1 Å². The van der Waals surface area contributed by atoms with E-state index in [1.165, 1.54) is 5.56 Å². The molecule has 1 heterocycles. The Morgan fingerprint density at radius 2 is 2.00 bits per heavy atom. The quantitative estimate of drug-likeness (QED) is 0.341. The summed E-state index contributed by atoms with van der Waals surface area (Å²) >= 11 is 0. The Balaban J connectivity index is 1.66. The van der Waals surface area contributed by atoms with E-state index in [9.17, 15) is 0 Å². The van der Waals surface area contributed by atoms with Gasteiger partial charge in [0.2, 0.25) is 0 Å². The summed E-state index contributed by atoms with van der Waals surface area (Å²) in [7, 11) is 5.63. The third kappa shape index (κ3) is 7.20. The van der Waals surface area contributed by atoms with Crippen LogP contribution in [0.1, 0.15) is 25.8 Å². The van der Waals surface area contributed by atoms with Crippen LogP contribution < -0.4 is 20.1 Å². The van der Waals surface area contributed by atoms with Crippen LogP contribution in [0.2, 0.25) is 0 Å². The monoisotopic (exact) mass is 392 g/mol. The van der Waals surface area contributed by atoms with Crippen molar-refractivity contribution in [1.82, 2.24) is 15.5 Å². The van der Waals surface area contributed by atoms with Gasteiger partial charge in [-0.05, 0) is 33.4 Å². The smallest absolute Gasteiger partial charge is 0.191 e. The lowest BCUT2D eigenvalue weighted by Gasteiger charge is -2.19. The van der Waals surface area contributed by atoms with Crippen molar-refractivity contribution in [2.24, 2.45) is 4.99 Å². The van der Waals surface area contributed by atoms with Crippen molar-refractivity contribution in [2.75, 3.05) is 60.6 Å². The molecule has 7 nitrogen and oxygen atoms in total. The number of fused-ring (bicyclic) bond motifs is 1. The molecule has 1 aliphatic rings. The van der Waals surface area contributed by atoms with Crippen molar-refractivity contribution in [3.63, 3.8) is 0 Å². The molecule has 0 amide bonds. The molecule has 0 saturated heterocycles. The van der Waals surface area contributed by atoms with Gasteiger partial charge in [-0.1, -0.05) is 12.1 Å². The highest BCUT2D eigenvalue weighted by Gasteiger charge is 2.32. The van der Waals surface area contributed by atoms with Crippen molar-refractivity contribution in [3.05, 3.63) is 23.8 Å². The van der Waals surface area contributed by atoms with Gasteiger partial charge in [-0.2, -0.15) is 0 Å². The first-order valence-corrected chi connectivity index (χ1v) is 10.0. The minimum absolute atomic E-state index is 0.164. The molecule has 0 saturated carbocycles. The molecule has 0 spiro atoms. The maximum absolute atomic E-state index is 6.04. The maximum Gasteiger partial charge on any atom is 0.191 e. The zero-order valence-corrected chi connectivity index (χ0v) is 18.0. The number of rotatable bonds is 11. The molecule has 0 unspecified atom stereocenters. The Morgan fingerprint density at radius 1 is 1.21 bits per heavy atom. The van der Waals surface area contributed by atoms with Gasteiger partial charge in [0.15, 0.2) is 17.5 Å². The molecule has 0 bridgehead atoms. The minimum atomic E-state index is -0.164. The van der Waals surface area contributed by atoms with E-state index in [0.717, 1.165) is 56.5 Å². The molecule has 1 aromatic carbocycles. The van der Waals surface area contributed by atoms with Gasteiger partial charge in [-0.25, -0.2) is 0 Å². The van der Waals surface area contributed by atoms with Gasteiger partial charge in [0, 0.05) is 52.4 Å². The van der Waals surface area contributed by atoms with E-state index in [1.54, 1.807) is 14.2 Å². The summed E-state index contributed by atoms with van der Waals surface area (Å²) in [6.45, 7) is 9.01. The first kappa shape index (κ1) is 22.3. The number of hydrogen-bond acceptors (Lipinski definition) is 5. The van der Waals surface area contributed by atoms with Crippen LogP contribution in [0.4, 0.5) is 0 Å². The van der Waals surface area contributed by atoms with E-state index >= 15 is 0 Å². The molecule has 1 aliphatic heterocycles. The second kappa shape index (κ2) is 11.1. The standard InChI is InChI=1S/C21H36N4O3/c1-21(2)16-17-8-6-9-18(19(17)28-21)27-15-11-24-20(22-3)23-10-13-25(4)12-7-14-26-5/h6,8-9H,7,10-16H2,1-5H3,(H2,22,23,24). The van der Waals surface area contributed by atoms with Gasteiger partial charge in [0.1, 0.15) is 12.2 Å². The summed E-state index contributed by atoms with van der Waals surface area (Å²) in [5.74, 6) is 2.47. The molecule has 7 heteroatoms. The van der Waals surface area contributed by atoms with E-state index in [-0.39, 0.29) is 5.60 Å². The molecule has 1 aromatic rings. The highest BCUT2D eigenvalue weighted by atomic mass is 16.5. The summed E-state index contributed by atoms with van der Waals surface area (Å²) in [6, 6.07) is 6.09. The molecule has 158 valence electrons. The average Bonchev–Trinajstić information content (AvgIpc) is 2.98. The number of benzene rings is 1. The van der Waals surface area contributed by atoms with Crippen molar-refractivity contribution in [3.8, 4) is 11.5 Å². The van der Waals surface area contributed by atoms with Crippen LogP contribution in [-0.4, -0.2) is 77.1 Å². The fraction of sp³-hybridized carbons (Fsp3) is 0.667. The Kier molecular flexibility index (Phi) is 8.86. The fourth-order valence-corrected chi connectivity index (χ4v) is 3.21. The first-order valence-electron chi connectivity index (χ1n) is 10.0. The topological polar surface area (TPSA) is 67.4 Å². The van der Waals surface area contributed by atoms with E-state index < -0.39 is 0 Å². The third-order valence-electron chi connectivity index (χ3n) is 4.60. The summed E-state index contributed by atoms with van der Waals surface area (Å²) in [5, 5.41) is 6.61. The molecule has 0 aliphatic carbocycles. The summed E-state index contributed by atoms with van der Waals surface area (Å²) < 4.78 is 17.1. The number of hydrogen-bond donors (Lipinski definition) is 2. The molecular formula is C21H36N4O3. The first-order chi connectivity index (χ1) is 13.4. The number of ether oxygens (including phenoxy) is 3. The van der Waals surface area contributed by atoms with Crippen LogP contribution in [0.5, 0.6) is 11.5 Å². The van der Waals surface area contributed by atoms with Gasteiger partial charge in [-0.3, -0.25) is 4.99 Å². The lowest BCUT2D eigenvalue weighted by atomic mass is 10.0. The molecule has 0 fully saturated rings. The third-order valence-corrected chi connectivity index (χ3v) is 4.60. The SMILES string of the molecule is CN=C(NCCOc1cccc2c1OC(C)(C)C2)NCCN(C)CCCOC. The molecule has 2 N–H and O–H groups in total. The number of likely N-dealkylation sites (N-methyl/N-ethyl adjacent to an activating group) is 1. The van der Waals surface area contributed by atoms with Gasteiger partial charge in [0.05, 0.1) is 6.54 Å². The summed E-state index contributed by atoms with van der Waals surface area (Å²) in [6.07, 6.45) is 1.95. The van der Waals surface area contributed by atoms with Crippen molar-refractivity contribution >= 4 is 5.96 Å². The van der Waals surface area contributed by atoms with Gasteiger partial charge in [0.25, 0.3) is 0 Å². The summed E-state index contributed by atoms with van der Waals surface area (Å²) in [5.41, 5.74) is 1.05. The summed E-state index contributed by atoms with van der Waals surface area (Å²) in [4.78, 5) is 6.54. The molecule has 0 aromatic heterocycles. The Bertz CT molecular complexity index is 634. The Labute approximate surface area is 169 Å². The van der Waals surface area contributed by atoms with Crippen molar-refractivity contribution in [2.45, 2.75) is 32.3 Å². The van der Waals surface area contributed by atoms with Gasteiger partial charge in [-0.15, -0.1) is 0 Å². The van der Waals surface area contributed by atoms with Crippen LogP contribution in [0, 0.1) is 0 Å². The predicted molar refractivity (Wildman–Crippen MR) is 114 cm³/mol. The number of nitrogens with one attached hydrogen (secondary N) is 2. The predicted octanol–water partition coefficient (Wildman–Crippen LogP) is 1.91. The minimum Gasteiger partial charge on any atom is -0.488 e. The van der Waals surface area contributed by atoms with Crippen LogP contribution in [0.3, 0.4) is 0 Å². The molecule has 2 rings (SSSR count). The van der Waals surface area contributed by atoms with E-state index in [2.05, 4.69) is 47.5 Å². The molecular weight excluding hydrogens is 356 g/mol. The lowest BCUT2D eigenvalue weighted by molar-refractivity contribution is 0.132. The average molecular weight is 393 g/mol. The number of guanidine groups is 1. The number of nitrogens with zero attached hydrogens (tertiary/aromatic N) is 2. The van der Waals surface area contributed by atoms with Gasteiger partial charge < -0.3 is 29.7 Å².